The lowest BCUT2D eigenvalue weighted by Crippen LogP contribution is -2.45. The van der Waals surface area contributed by atoms with E-state index < -0.39 is 4.92 Å². The van der Waals surface area contributed by atoms with Gasteiger partial charge >= 0.3 is 0 Å². The SMILES string of the molecule is COC1(CNc2cc([N+](=O)[O-])cc(NN)n2)CCC1. The molecule has 0 amide bonds. The second-order valence-corrected chi connectivity index (χ2v) is 4.59. The molecule has 0 radical (unpaired) electrons. The molecular formula is C11H17N5O3. The van der Waals surface area contributed by atoms with E-state index in [1.54, 1.807) is 7.11 Å². The molecule has 1 aromatic rings. The Balaban J connectivity index is 2.11. The van der Waals surface area contributed by atoms with Gasteiger partial charge in [0.15, 0.2) is 0 Å². The molecule has 19 heavy (non-hydrogen) atoms. The van der Waals surface area contributed by atoms with Crippen molar-refractivity contribution in [1.82, 2.24) is 4.98 Å². The number of nitrogen functional groups attached to an aromatic ring is 1. The molecule has 1 aliphatic rings. The van der Waals surface area contributed by atoms with Gasteiger partial charge < -0.3 is 15.5 Å². The van der Waals surface area contributed by atoms with E-state index in [1.807, 2.05) is 0 Å². The van der Waals surface area contributed by atoms with Crippen molar-refractivity contribution in [2.75, 3.05) is 24.4 Å². The highest BCUT2D eigenvalue weighted by atomic mass is 16.6. The van der Waals surface area contributed by atoms with E-state index in [-0.39, 0.29) is 17.1 Å². The summed E-state index contributed by atoms with van der Waals surface area (Å²) in [6, 6.07) is 2.66. The highest BCUT2D eigenvalue weighted by Gasteiger charge is 2.36. The molecule has 1 fully saturated rings. The maximum Gasteiger partial charge on any atom is 0.276 e. The number of pyridine rings is 1. The Morgan fingerprint density at radius 3 is 2.68 bits per heavy atom. The number of methoxy groups -OCH3 is 1. The maximum atomic E-state index is 10.8. The Hall–Kier alpha value is -1.93. The lowest BCUT2D eigenvalue weighted by atomic mass is 9.80. The molecule has 0 spiro atoms. The van der Waals surface area contributed by atoms with E-state index in [2.05, 4.69) is 15.7 Å². The van der Waals surface area contributed by atoms with Gasteiger partial charge in [0.25, 0.3) is 5.69 Å². The Kier molecular flexibility index (Phi) is 3.82. The quantitative estimate of drug-likeness (QED) is 0.403. The Morgan fingerprint density at radius 2 is 2.21 bits per heavy atom. The monoisotopic (exact) mass is 267 g/mol. The predicted molar refractivity (Wildman–Crippen MR) is 70.8 cm³/mol. The van der Waals surface area contributed by atoms with Crippen LogP contribution in [-0.4, -0.2) is 29.2 Å². The molecule has 1 saturated carbocycles. The minimum atomic E-state index is -0.483. The molecule has 1 heterocycles. The number of rotatable bonds is 6. The highest BCUT2D eigenvalue weighted by Crippen LogP contribution is 2.35. The van der Waals surface area contributed by atoms with E-state index in [4.69, 9.17) is 10.6 Å². The van der Waals surface area contributed by atoms with Crippen LogP contribution in [0.3, 0.4) is 0 Å². The molecule has 104 valence electrons. The molecule has 0 atom stereocenters. The average molecular weight is 267 g/mol. The zero-order chi connectivity index (χ0) is 13.9. The maximum absolute atomic E-state index is 10.8. The van der Waals surface area contributed by atoms with Crippen molar-refractivity contribution in [3.05, 3.63) is 22.2 Å². The number of hydrazine groups is 1. The number of ether oxygens (including phenoxy) is 1. The first kappa shape index (κ1) is 13.5. The van der Waals surface area contributed by atoms with Crippen LogP contribution in [0.5, 0.6) is 0 Å². The van der Waals surface area contributed by atoms with Crippen LogP contribution in [0.1, 0.15) is 19.3 Å². The second-order valence-electron chi connectivity index (χ2n) is 4.59. The molecule has 2 rings (SSSR count). The number of aromatic nitrogens is 1. The normalized spacial score (nSPS) is 16.5. The Labute approximate surface area is 110 Å². The molecule has 0 aromatic carbocycles. The summed E-state index contributed by atoms with van der Waals surface area (Å²) in [7, 11) is 1.68. The number of anilines is 2. The van der Waals surface area contributed by atoms with Gasteiger partial charge in [0.05, 0.1) is 22.7 Å². The molecule has 1 aromatic heterocycles. The van der Waals surface area contributed by atoms with Crippen molar-refractivity contribution in [2.24, 2.45) is 5.84 Å². The number of nitrogens with one attached hydrogen (secondary N) is 2. The van der Waals surface area contributed by atoms with Crippen LogP contribution >= 0.6 is 0 Å². The van der Waals surface area contributed by atoms with Crippen LogP contribution in [0.25, 0.3) is 0 Å². The molecular weight excluding hydrogens is 250 g/mol. The van der Waals surface area contributed by atoms with E-state index in [0.29, 0.717) is 12.4 Å². The van der Waals surface area contributed by atoms with Crippen LogP contribution in [0.4, 0.5) is 17.3 Å². The first-order valence-corrected chi connectivity index (χ1v) is 6.01. The van der Waals surface area contributed by atoms with Gasteiger partial charge in [0.1, 0.15) is 11.6 Å². The van der Waals surface area contributed by atoms with E-state index in [1.165, 1.54) is 12.1 Å². The van der Waals surface area contributed by atoms with Crippen LogP contribution in [-0.2, 0) is 4.74 Å². The third kappa shape index (κ3) is 2.91. The van der Waals surface area contributed by atoms with Crippen LogP contribution in [0, 0.1) is 10.1 Å². The lowest BCUT2D eigenvalue weighted by Gasteiger charge is -2.40. The van der Waals surface area contributed by atoms with Crippen molar-refractivity contribution in [2.45, 2.75) is 24.9 Å². The van der Waals surface area contributed by atoms with Crippen molar-refractivity contribution in [3.8, 4) is 0 Å². The summed E-state index contributed by atoms with van der Waals surface area (Å²) in [5.41, 5.74) is 2.07. The fourth-order valence-corrected chi connectivity index (χ4v) is 2.06. The largest absolute Gasteiger partial charge is 0.376 e. The molecule has 0 saturated heterocycles. The summed E-state index contributed by atoms with van der Waals surface area (Å²) < 4.78 is 5.47. The molecule has 0 bridgehead atoms. The zero-order valence-corrected chi connectivity index (χ0v) is 10.7. The molecule has 8 heteroatoms. The van der Waals surface area contributed by atoms with Gasteiger partial charge in [-0.2, -0.15) is 0 Å². The van der Waals surface area contributed by atoms with Crippen molar-refractivity contribution in [1.29, 1.82) is 0 Å². The molecule has 0 unspecified atom stereocenters. The zero-order valence-electron chi connectivity index (χ0n) is 10.7. The van der Waals surface area contributed by atoms with Gasteiger partial charge in [-0.05, 0) is 19.3 Å². The first-order chi connectivity index (χ1) is 9.08. The minimum Gasteiger partial charge on any atom is -0.376 e. The first-order valence-electron chi connectivity index (χ1n) is 6.01. The van der Waals surface area contributed by atoms with Crippen LogP contribution in [0.2, 0.25) is 0 Å². The summed E-state index contributed by atoms with van der Waals surface area (Å²) in [6.07, 6.45) is 3.09. The third-order valence-corrected chi connectivity index (χ3v) is 3.46. The minimum absolute atomic E-state index is 0.0643. The summed E-state index contributed by atoms with van der Waals surface area (Å²) >= 11 is 0. The number of nitrogens with two attached hydrogens (primary N) is 1. The van der Waals surface area contributed by atoms with Gasteiger partial charge in [0.2, 0.25) is 0 Å². The fourth-order valence-electron chi connectivity index (χ4n) is 2.06. The molecule has 0 aliphatic heterocycles. The molecule has 1 aliphatic carbocycles. The second kappa shape index (κ2) is 5.37. The van der Waals surface area contributed by atoms with Crippen LogP contribution < -0.4 is 16.6 Å². The topological polar surface area (TPSA) is 115 Å². The summed E-state index contributed by atoms with van der Waals surface area (Å²) in [6.45, 7) is 0.571. The van der Waals surface area contributed by atoms with Crippen molar-refractivity contribution >= 4 is 17.3 Å². The highest BCUT2D eigenvalue weighted by molar-refractivity contribution is 5.54. The Bertz CT molecular complexity index is 470. The molecule has 8 nitrogen and oxygen atoms in total. The van der Waals surface area contributed by atoms with E-state index >= 15 is 0 Å². The van der Waals surface area contributed by atoms with Gasteiger partial charge in [-0.15, -0.1) is 0 Å². The Morgan fingerprint density at radius 1 is 1.53 bits per heavy atom. The summed E-state index contributed by atoms with van der Waals surface area (Å²) in [5.74, 6) is 5.90. The van der Waals surface area contributed by atoms with E-state index in [0.717, 1.165) is 19.3 Å². The molecule has 4 N–H and O–H groups in total. The lowest BCUT2D eigenvalue weighted by molar-refractivity contribution is -0.384. The number of hydrogen-bond acceptors (Lipinski definition) is 7. The van der Waals surface area contributed by atoms with E-state index in [9.17, 15) is 10.1 Å². The smallest absolute Gasteiger partial charge is 0.276 e. The summed E-state index contributed by atoms with van der Waals surface area (Å²) in [5, 5.41) is 13.9. The van der Waals surface area contributed by atoms with Gasteiger partial charge in [-0.1, -0.05) is 0 Å². The van der Waals surface area contributed by atoms with Gasteiger partial charge in [-0.3, -0.25) is 10.1 Å². The average Bonchev–Trinajstić information content (AvgIpc) is 2.37. The summed E-state index contributed by atoms with van der Waals surface area (Å²) in [4.78, 5) is 14.4. The number of hydrogen-bond donors (Lipinski definition) is 3. The van der Waals surface area contributed by atoms with Crippen LogP contribution in [0.15, 0.2) is 12.1 Å². The van der Waals surface area contributed by atoms with Gasteiger partial charge in [-0.25, -0.2) is 10.8 Å². The standard InChI is InChI=1S/C11H17N5O3/c1-19-11(3-2-4-11)7-13-9-5-8(16(17)18)6-10(14-9)15-12/h5-6H,2-4,7,12H2,1H3,(H2,13,14,15). The third-order valence-electron chi connectivity index (χ3n) is 3.46. The fraction of sp³-hybridized carbons (Fsp3) is 0.545. The number of nitro groups is 1. The van der Waals surface area contributed by atoms with Gasteiger partial charge in [0, 0.05) is 13.7 Å². The number of nitrogens with zero attached hydrogens (tertiary/aromatic N) is 2. The van der Waals surface area contributed by atoms with Crippen molar-refractivity contribution < 1.29 is 9.66 Å². The predicted octanol–water partition coefficient (Wildman–Crippen LogP) is 1.26. The van der Waals surface area contributed by atoms with Crippen molar-refractivity contribution in [3.63, 3.8) is 0 Å².